The highest BCUT2D eigenvalue weighted by Gasteiger charge is 2.22. The molecular formula is C24H25ClFN3O4. The molecule has 3 aromatic rings. The van der Waals surface area contributed by atoms with E-state index >= 15 is 0 Å². The van der Waals surface area contributed by atoms with Crippen molar-refractivity contribution in [3.05, 3.63) is 68.6 Å². The Morgan fingerprint density at radius 1 is 1.21 bits per heavy atom. The van der Waals surface area contributed by atoms with Crippen molar-refractivity contribution in [3.8, 4) is 0 Å². The fourth-order valence-electron chi connectivity index (χ4n) is 3.84. The van der Waals surface area contributed by atoms with Gasteiger partial charge in [0.25, 0.3) is 5.91 Å². The van der Waals surface area contributed by atoms with Crippen LogP contribution in [-0.4, -0.2) is 51.2 Å². The van der Waals surface area contributed by atoms with Crippen molar-refractivity contribution < 1.29 is 18.3 Å². The van der Waals surface area contributed by atoms with Crippen molar-refractivity contribution in [3.63, 3.8) is 0 Å². The monoisotopic (exact) mass is 473 g/mol. The van der Waals surface area contributed by atoms with E-state index < -0.39 is 11.9 Å². The molecule has 1 amide bonds. The molecule has 2 heterocycles. The first-order valence-corrected chi connectivity index (χ1v) is 11.0. The van der Waals surface area contributed by atoms with Crippen LogP contribution in [0.15, 0.2) is 45.6 Å². The summed E-state index contributed by atoms with van der Waals surface area (Å²) in [5, 5.41) is 3.38. The van der Waals surface area contributed by atoms with Crippen LogP contribution in [0.3, 0.4) is 0 Å². The maximum absolute atomic E-state index is 14.5. The number of rotatable bonds is 5. The molecule has 7 nitrogen and oxygen atoms in total. The Hall–Kier alpha value is -3.10. The normalized spacial score (nSPS) is 14.9. The zero-order valence-corrected chi connectivity index (χ0v) is 19.4. The van der Waals surface area contributed by atoms with Gasteiger partial charge >= 0.3 is 0 Å². The second-order valence-electron chi connectivity index (χ2n) is 8.16. The largest absolute Gasteiger partial charge is 0.440 e. The molecular weight excluding hydrogens is 449 g/mol. The summed E-state index contributed by atoms with van der Waals surface area (Å²) in [7, 11) is 3.28. The maximum atomic E-state index is 14.5. The van der Waals surface area contributed by atoms with Gasteiger partial charge in [0.05, 0.1) is 35.4 Å². The topological polar surface area (TPSA) is 75.0 Å². The average molecular weight is 474 g/mol. The van der Waals surface area contributed by atoms with E-state index in [4.69, 9.17) is 20.8 Å². The zero-order valence-electron chi connectivity index (χ0n) is 18.7. The lowest BCUT2D eigenvalue weighted by molar-refractivity contribution is 0.0827. The molecule has 1 fully saturated rings. The first kappa shape index (κ1) is 23.1. The van der Waals surface area contributed by atoms with Crippen molar-refractivity contribution in [2.24, 2.45) is 0 Å². The number of halogens is 2. The lowest BCUT2D eigenvalue weighted by atomic mass is 9.99. The predicted molar refractivity (Wildman–Crippen MR) is 127 cm³/mol. The average Bonchev–Trinajstić information content (AvgIpc) is 2.81. The molecule has 0 aliphatic carbocycles. The Bertz CT molecular complexity index is 1250. The number of hydrogen-bond acceptors (Lipinski definition) is 6. The summed E-state index contributed by atoms with van der Waals surface area (Å²) in [5.74, 6) is -0.396. The number of anilines is 2. The number of fused-ring (bicyclic) bond motifs is 1. The van der Waals surface area contributed by atoms with Gasteiger partial charge in [0.2, 0.25) is 0 Å². The van der Waals surface area contributed by atoms with Gasteiger partial charge in [-0.2, -0.15) is 0 Å². The number of morpholine rings is 1. The SMILES string of the molecule is C[C@H](Nc1cccc(Cl)c1F)c1cc(C(=O)N(C)C)cc2c(=O)cc(N3CCOCC3)oc12. The molecule has 9 heteroatoms. The van der Waals surface area contributed by atoms with Crippen LogP contribution in [0, 0.1) is 5.82 Å². The Morgan fingerprint density at radius 3 is 2.64 bits per heavy atom. The van der Waals surface area contributed by atoms with Gasteiger partial charge in [0, 0.05) is 44.4 Å². The van der Waals surface area contributed by atoms with Crippen LogP contribution < -0.4 is 15.6 Å². The minimum Gasteiger partial charge on any atom is -0.440 e. The minimum absolute atomic E-state index is 0.00488. The third-order valence-electron chi connectivity index (χ3n) is 5.61. The van der Waals surface area contributed by atoms with E-state index in [1.165, 1.54) is 17.0 Å². The molecule has 0 spiro atoms. The fourth-order valence-corrected chi connectivity index (χ4v) is 4.02. The summed E-state index contributed by atoms with van der Waals surface area (Å²) in [6.07, 6.45) is 0. The van der Waals surface area contributed by atoms with Crippen molar-refractivity contribution in [1.29, 1.82) is 0 Å². The quantitative estimate of drug-likeness (QED) is 0.595. The third kappa shape index (κ3) is 4.67. The molecule has 1 saturated heterocycles. The van der Waals surface area contributed by atoms with Crippen molar-refractivity contribution in [2.45, 2.75) is 13.0 Å². The lowest BCUT2D eigenvalue weighted by Gasteiger charge is -2.27. The molecule has 2 aromatic carbocycles. The Labute approximate surface area is 195 Å². The van der Waals surface area contributed by atoms with Gasteiger partial charge in [0.1, 0.15) is 5.58 Å². The number of nitrogens with zero attached hydrogens (tertiary/aromatic N) is 2. The highest BCUT2D eigenvalue weighted by atomic mass is 35.5. The van der Waals surface area contributed by atoms with E-state index in [0.29, 0.717) is 48.9 Å². The number of nitrogens with one attached hydrogen (secondary N) is 1. The van der Waals surface area contributed by atoms with Crippen LogP contribution in [0.25, 0.3) is 11.0 Å². The number of ether oxygens (including phenoxy) is 1. The van der Waals surface area contributed by atoms with Crippen LogP contribution >= 0.6 is 11.6 Å². The van der Waals surface area contributed by atoms with Gasteiger partial charge in [-0.25, -0.2) is 4.39 Å². The Balaban J connectivity index is 1.86. The summed E-state index contributed by atoms with van der Waals surface area (Å²) in [6, 6.07) is 8.84. The summed E-state index contributed by atoms with van der Waals surface area (Å²) in [6.45, 7) is 4.08. The Morgan fingerprint density at radius 2 is 1.94 bits per heavy atom. The molecule has 174 valence electrons. The second kappa shape index (κ2) is 9.41. The summed E-state index contributed by atoms with van der Waals surface area (Å²) in [5.41, 5.74) is 1.20. The molecule has 1 aliphatic heterocycles. The highest BCUT2D eigenvalue weighted by molar-refractivity contribution is 6.31. The molecule has 33 heavy (non-hydrogen) atoms. The summed E-state index contributed by atoms with van der Waals surface area (Å²) in [4.78, 5) is 29.2. The van der Waals surface area contributed by atoms with Gasteiger partial charge in [-0.3, -0.25) is 9.59 Å². The van der Waals surface area contributed by atoms with E-state index in [-0.39, 0.29) is 27.4 Å². The number of amides is 1. The minimum atomic E-state index is -0.577. The molecule has 0 saturated carbocycles. The van der Waals surface area contributed by atoms with Gasteiger partial charge in [-0.05, 0) is 31.2 Å². The van der Waals surface area contributed by atoms with Crippen LogP contribution in [0.2, 0.25) is 5.02 Å². The number of carbonyl (C=O) groups excluding carboxylic acids is 1. The molecule has 1 atom stereocenters. The summed E-state index contributed by atoms with van der Waals surface area (Å²) < 4.78 is 26.1. The van der Waals surface area contributed by atoms with Gasteiger partial charge in [0.15, 0.2) is 17.1 Å². The van der Waals surface area contributed by atoms with Gasteiger partial charge in [-0.1, -0.05) is 17.7 Å². The molecule has 4 rings (SSSR count). The predicted octanol–water partition coefficient (Wildman–Crippen LogP) is 4.30. The summed E-state index contributed by atoms with van der Waals surface area (Å²) >= 11 is 5.93. The van der Waals surface area contributed by atoms with E-state index in [1.807, 2.05) is 4.90 Å². The zero-order chi connectivity index (χ0) is 23.7. The van der Waals surface area contributed by atoms with Crippen molar-refractivity contribution in [2.75, 3.05) is 50.6 Å². The van der Waals surface area contributed by atoms with Crippen LogP contribution in [0.1, 0.15) is 28.9 Å². The smallest absolute Gasteiger partial charge is 0.253 e. The molecule has 0 bridgehead atoms. The standard InChI is InChI=1S/C24H25ClFN3O4/c1-14(27-19-6-4-5-18(25)22(19)26)16-11-15(24(31)28(2)3)12-17-20(30)13-21(33-23(16)17)29-7-9-32-10-8-29/h4-6,11-14,27H,7-10H2,1-3H3/t14-/m0/s1. The molecule has 0 unspecified atom stereocenters. The molecule has 1 N–H and O–H groups in total. The van der Waals surface area contributed by atoms with Gasteiger partial charge < -0.3 is 24.3 Å². The van der Waals surface area contributed by atoms with E-state index in [1.54, 1.807) is 45.3 Å². The van der Waals surface area contributed by atoms with Crippen LogP contribution in [0.5, 0.6) is 0 Å². The van der Waals surface area contributed by atoms with Crippen molar-refractivity contribution >= 4 is 40.0 Å². The first-order valence-electron chi connectivity index (χ1n) is 10.6. The first-order chi connectivity index (χ1) is 15.8. The Kier molecular flexibility index (Phi) is 6.58. The highest BCUT2D eigenvalue weighted by Crippen LogP contribution is 2.32. The number of carbonyl (C=O) groups is 1. The number of hydrogen-bond donors (Lipinski definition) is 1. The maximum Gasteiger partial charge on any atom is 0.253 e. The van der Waals surface area contributed by atoms with E-state index in [0.717, 1.165) is 0 Å². The van der Waals surface area contributed by atoms with Gasteiger partial charge in [-0.15, -0.1) is 0 Å². The van der Waals surface area contributed by atoms with Crippen LogP contribution in [0.4, 0.5) is 16.0 Å². The second-order valence-corrected chi connectivity index (χ2v) is 8.56. The third-order valence-corrected chi connectivity index (χ3v) is 5.90. The van der Waals surface area contributed by atoms with E-state index in [2.05, 4.69) is 5.32 Å². The fraction of sp³-hybridized carbons (Fsp3) is 0.333. The molecule has 0 radical (unpaired) electrons. The number of benzene rings is 2. The van der Waals surface area contributed by atoms with Crippen LogP contribution in [-0.2, 0) is 4.74 Å². The lowest BCUT2D eigenvalue weighted by Crippen LogP contribution is -2.36. The molecule has 1 aliphatic rings. The van der Waals surface area contributed by atoms with Crippen molar-refractivity contribution in [1.82, 2.24) is 4.90 Å². The molecule has 1 aromatic heterocycles. The van der Waals surface area contributed by atoms with E-state index in [9.17, 15) is 14.0 Å².